The quantitative estimate of drug-likeness (QED) is 0.682. The Morgan fingerprint density at radius 3 is 2.87 bits per heavy atom. The van der Waals surface area contributed by atoms with Crippen molar-refractivity contribution in [2.75, 3.05) is 13.7 Å². The van der Waals surface area contributed by atoms with Crippen LogP contribution in [0.1, 0.15) is 39.5 Å². The Hall–Kier alpha value is -0.340. The second-order valence-corrected chi connectivity index (χ2v) is 4.66. The molecule has 0 aromatic heterocycles. The van der Waals surface area contributed by atoms with E-state index in [1.807, 2.05) is 0 Å². The van der Waals surface area contributed by atoms with Gasteiger partial charge in [-0.1, -0.05) is 12.5 Å². The predicted molar refractivity (Wildman–Crippen MR) is 65.0 cm³/mol. The third-order valence-corrected chi connectivity index (χ3v) is 3.43. The van der Waals surface area contributed by atoms with Crippen molar-refractivity contribution in [1.29, 1.82) is 0 Å². The average Bonchev–Trinajstić information content (AvgIpc) is 2.66. The monoisotopic (exact) mass is 211 g/mol. The highest BCUT2D eigenvalue weighted by Crippen LogP contribution is 2.28. The Morgan fingerprint density at radius 2 is 2.33 bits per heavy atom. The summed E-state index contributed by atoms with van der Waals surface area (Å²) in [4.78, 5) is 0. The standard InChI is InChI=1S/C13H25NO/c1-5-13-11(8-9-15-13)12(14-4)7-6-10(2)3/h11-14H,2,5-9H2,1,3-4H3. The van der Waals surface area contributed by atoms with Gasteiger partial charge in [0.05, 0.1) is 6.10 Å². The molecule has 1 rings (SSSR count). The van der Waals surface area contributed by atoms with E-state index >= 15 is 0 Å². The third-order valence-electron chi connectivity index (χ3n) is 3.43. The molecule has 3 unspecified atom stereocenters. The molecule has 0 saturated carbocycles. The molecule has 0 aromatic rings. The van der Waals surface area contributed by atoms with Crippen LogP contribution in [0, 0.1) is 5.92 Å². The maximum Gasteiger partial charge on any atom is 0.0616 e. The zero-order chi connectivity index (χ0) is 11.3. The molecule has 0 bridgehead atoms. The molecule has 3 atom stereocenters. The largest absolute Gasteiger partial charge is 0.378 e. The topological polar surface area (TPSA) is 21.3 Å². The summed E-state index contributed by atoms with van der Waals surface area (Å²) < 4.78 is 5.74. The van der Waals surface area contributed by atoms with Crippen molar-refractivity contribution in [1.82, 2.24) is 5.32 Å². The summed E-state index contributed by atoms with van der Waals surface area (Å²) in [7, 11) is 2.06. The van der Waals surface area contributed by atoms with Crippen LogP contribution in [-0.2, 0) is 4.74 Å². The number of allylic oxidation sites excluding steroid dienone is 1. The van der Waals surface area contributed by atoms with Crippen molar-refractivity contribution in [3.05, 3.63) is 12.2 Å². The van der Waals surface area contributed by atoms with Crippen LogP contribution in [-0.4, -0.2) is 25.8 Å². The summed E-state index contributed by atoms with van der Waals surface area (Å²) in [6, 6.07) is 0.592. The van der Waals surface area contributed by atoms with Gasteiger partial charge in [-0.3, -0.25) is 0 Å². The van der Waals surface area contributed by atoms with Gasteiger partial charge in [-0.25, -0.2) is 0 Å². The molecule has 1 aliphatic heterocycles. The molecule has 0 amide bonds. The van der Waals surface area contributed by atoms with Crippen molar-refractivity contribution in [3.63, 3.8) is 0 Å². The van der Waals surface area contributed by atoms with Gasteiger partial charge < -0.3 is 10.1 Å². The zero-order valence-corrected chi connectivity index (χ0v) is 10.4. The second-order valence-electron chi connectivity index (χ2n) is 4.66. The lowest BCUT2D eigenvalue weighted by molar-refractivity contribution is 0.0774. The number of hydrogen-bond acceptors (Lipinski definition) is 2. The summed E-state index contributed by atoms with van der Waals surface area (Å²) in [6.45, 7) is 9.23. The van der Waals surface area contributed by atoms with Crippen LogP contribution in [0.25, 0.3) is 0 Å². The van der Waals surface area contributed by atoms with E-state index in [4.69, 9.17) is 4.74 Å². The molecular formula is C13H25NO. The number of ether oxygens (including phenoxy) is 1. The van der Waals surface area contributed by atoms with E-state index in [9.17, 15) is 0 Å². The Bertz CT molecular complexity index is 203. The molecule has 15 heavy (non-hydrogen) atoms. The minimum absolute atomic E-state index is 0.465. The lowest BCUT2D eigenvalue weighted by Crippen LogP contribution is -2.37. The van der Waals surface area contributed by atoms with Crippen molar-refractivity contribution < 1.29 is 4.74 Å². The minimum Gasteiger partial charge on any atom is -0.378 e. The highest BCUT2D eigenvalue weighted by Gasteiger charge is 2.32. The van der Waals surface area contributed by atoms with Crippen LogP contribution >= 0.6 is 0 Å². The fourth-order valence-corrected chi connectivity index (χ4v) is 2.52. The predicted octanol–water partition coefficient (Wildman–Crippen LogP) is 2.75. The molecule has 88 valence electrons. The number of nitrogens with one attached hydrogen (secondary N) is 1. The van der Waals surface area contributed by atoms with E-state index in [0.717, 1.165) is 19.4 Å². The summed E-state index contributed by atoms with van der Waals surface area (Å²) >= 11 is 0. The van der Waals surface area contributed by atoms with Gasteiger partial charge >= 0.3 is 0 Å². The Kier molecular flexibility index (Phi) is 5.34. The van der Waals surface area contributed by atoms with Gasteiger partial charge in [0, 0.05) is 18.6 Å². The lowest BCUT2D eigenvalue weighted by atomic mass is 9.88. The fraction of sp³-hybridized carbons (Fsp3) is 0.846. The normalized spacial score (nSPS) is 27.9. The van der Waals surface area contributed by atoms with Crippen molar-refractivity contribution in [2.24, 2.45) is 5.92 Å². The van der Waals surface area contributed by atoms with Crippen LogP contribution in [0.15, 0.2) is 12.2 Å². The summed E-state index contributed by atoms with van der Waals surface area (Å²) in [5.41, 5.74) is 1.28. The summed E-state index contributed by atoms with van der Waals surface area (Å²) in [5.74, 6) is 0.694. The molecule has 1 heterocycles. The fourth-order valence-electron chi connectivity index (χ4n) is 2.52. The molecule has 1 aliphatic rings. The minimum atomic E-state index is 0.465. The van der Waals surface area contributed by atoms with E-state index in [1.54, 1.807) is 0 Å². The van der Waals surface area contributed by atoms with Crippen LogP contribution in [0.4, 0.5) is 0 Å². The molecule has 2 nitrogen and oxygen atoms in total. The first-order valence-electron chi connectivity index (χ1n) is 6.12. The highest BCUT2D eigenvalue weighted by atomic mass is 16.5. The molecule has 0 radical (unpaired) electrons. The van der Waals surface area contributed by atoms with Gasteiger partial charge in [-0.2, -0.15) is 0 Å². The van der Waals surface area contributed by atoms with Crippen LogP contribution in [0.5, 0.6) is 0 Å². The zero-order valence-electron chi connectivity index (χ0n) is 10.4. The van der Waals surface area contributed by atoms with E-state index in [0.29, 0.717) is 18.1 Å². The van der Waals surface area contributed by atoms with Crippen molar-refractivity contribution in [2.45, 2.75) is 51.7 Å². The van der Waals surface area contributed by atoms with E-state index in [2.05, 4.69) is 32.8 Å². The summed E-state index contributed by atoms with van der Waals surface area (Å²) in [6.07, 6.45) is 5.12. The second kappa shape index (κ2) is 6.29. The molecule has 2 heteroatoms. The SMILES string of the molecule is C=C(C)CCC(NC)C1CCOC1CC. The van der Waals surface area contributed by atoms with Gasteiger partial charge in [-0.15, -0.1) is 6.58 Å². The first-order valence-corrected chi connectivity index (χ1v) is 6.12. The molecule has 1 saturated heterocycles. The highest BCUT2D eigenvalue weighted by molar-refractivity contribution is 4.92. The first kappa shape index (κ1) is 12.7. The number of hydrogen-bond donors (Lipinski definition) is 1. The molecule has 0 aromatic carbocycles. The Morgan fingerprint density at radius 1 is 1.60 bits per heavy atom. The molecule has 1 N–H and O–H groups in total. The summed E-state index contributed by atoms with van der Waals surface area (Å²) in [5, 5.41) is 3.44. The Labute approximate surface area is 94.1 Å². The van der Waals surface area contributed by atoms with E-state index in [-0.39, 0.29) is 0 Å². The molecule has 0 aliphatic carbocycles. The van der Waals surface area contributed by atoms with Gasteiger partial charge in [0.15, 0.2) is 0 Å². The lowest BCUT2D eigenvalue weighted by Gasteiger charge is -2.26. The smallest absolute Gasteiger partial charge is 0.0616 e. The van der Waals surface area contributed by atoms with Gasteiger partial charge in [0.2, 0.25) is 0 Å². The molecule has 1 fully saturated rings. The van der Waals surface area contributed by atoms with Crippen molar-refractivity contribution in [3.8, 4) is 0 Å². The average molecular weight is 211 g/mol. The van der Waals surface area contributed by atoms with E-state index in [1.165, 1.54) is 18.4 Å². The van der Waals surface area contributed by atoms with Crippen molar-refractivity contribution >= 4 is 0 Å². The first-order chi connectivity index (χ1) is 7.19. The van der Waals surface area contributed by atoms with Gasteiger partial charge in [0.25, 0.3) is 0 Å². The number of rotatable bonds is 6. The van der Waals surface area contributed by atoms with Crippen LogP contribution in [0.3, 0.4) is 0 Å². The maximum absolute atomic E-state index is 5.74. The maximum atomic E-state index is 5.74. The van der Waals surface area contributed by atoms with E-state index < -0.39 is 0 Å². The molecule has 0 spiro atoms. The Balaban J connectivity index is 2.45. The van der Waals surface area contributed by atoms with Crippen LogP contribution in [0.2, 0.25) is 0 Å². The van der Waals surface area contributed by atoms with Gasteiger partial charge in [-0.05, 0) is 39.7 Å². The molecular weight excluding hydrogens is 186 g/mol. The van der Waals surface area contributed by atoms with Gasteiger partial charge in [0.1, 0.15) is 0 Å². The third kappa shape index (κ3) is 3.62. The van der Waals surface area contributed by atoms with Crippen LogP contribution < -0.4 is 5.32 Å².